The maximum atomic E-state index is 12.5. The summed E-state index contributed by atoms with van der Waals surface area (Å²) in [7, 11) is 0. The molecule has 0 radical (unpaired) electrons. The van der Waals surface area contributed by atoms with Gasteiger partial charge in [-0.15, -0.1) is 11.3 Å². The van der Waals surface area contributed by atoms with Crippen LogP contribution in [0.2, 0.25) is 4.34 Å². The summed E-state index contributed by atoms with van der Waals surface area (Å²) in [6, 6.07) is 20.9. The highest BCUT2D eigenvalue weighted by Crippen LogP contribution is 2.41. The average Bonchev–Trinajstić information content (AvgIpc) is 3.37. The normalized spacial score (nSPS) is 14.2. The molecule has 2 heterocycles. The van der Waals surface area contributed by atoms with Crippen molar-refractivity contribution in [3.63, 3.8) is 0 Å². The maximum Gasteiger partial charge on any atom is 0.412 e. The summed E-state index contributed by atoms with van der Waals surface area (Å²) in [4.78, 5) is 13.4. The Bertz CT molecular complexity index is 1210. The van der Waals surface area contributed by atoms with Crippen LogP contribution in [0.3, 0.4) is 0 Å². The van der Waals surface area contributed by atoms with Crippen LogP contribution in [0.25, 0.3) is 21.6 Å². The number of benzene rings is 2. The van der Waals surface area contributed by atoms with Crippen molar-refractivity contribution in [1.29, 1.82) is 0 Å². The summed E-state index contributed by atoms with van der Waals surface area (Å²) in [5.74, 6) is 0.765. The standard InChI is InChI=1S/C26H22ClNO2S2/c1-16(22-12-13-31-15-22)30-26(29)28-23-14-24(27)32-25(23)21-10-8-20(9-11-21)19-6-4-18(5-7-19)17-2-3-17/h4-17H,2-3H2,1H3,(H,28,29). The second-order valence-corrected chi connectivity index (χ2v) is 10.5. The Morgan fingerprint density at radius 3 is 2.31 bits per heavy atom. The van der Waals surface area contributed by atoms with E-state index in [1.165, 1.54) is 35.3 Å². The average molecular weight is 480 g/mol. The van der Waals surface area contributed by atoms with E-state index < -0.39 is 6.09 Å². The van der Waals surface area contributed by atoms with Gasteiger partial charge < -0.3 is 4.74 Å². The van der Waals surface area contributed by atoms with Crippen LogP contribution in [0.15, 0.2) is 71.4 Å². The number of carbonyl (C=O) groups is 1. The highest BCUT2D eigenvalue weighted by Gasteiger charge is 2.23. The molecule has 4 aromatic rings. The number of nitrogens with one attached hydrogen (secondary N) is 1. The first-order chi connectivity index (χ1) is 15.6. The summed E-state index contributed by atoms with van der Waals surface area (Å²) in [6.07, 6.45) is 1.82. The number of hydrogen-bond acceptors (Lipinski definition) is 4. The van der Waals surface area contributed by atoms with E-state index >= 15 is 0 Å². The van der Waals surface area contributed by atoms with E-state index in [0.717, 1.165) is 27.5 Å². The third kappa shape index (κ3) is 4.75. The minimum absolute atomic E-state index is 0.315. The number of carbonyl (C=O) groups excluding carboxylic acids is 1. The van der Waals surface area contributed by atoms with Gasteiger partial charge in [-0.1, -0.05) is 60.1 Å². The number of thiophene rings is 2. The third-order valence-electron chi connectivity index (χ3n) is 5.68. The molecule has 1 aliphatic rings. The molecule has 1 N–H and O–H groups in total. The van der Waals surface area contributed by atoms with Crippen LogP contribution in [0.5, 0.6) is 0 Å². The third-order valence-corrected chi connectivity index (χ3v) is 7.69. The van der Waals surface area contributed by atoms with Crippen molar-refractivity contribution in [3.05, 3.63) is 86.9 Å². The molecule has 5 rings (SSSR count). The van der Waals surface area contributed by atoms with Crippen molar-refractivity contribution in [2.45, 2.75) is 31.8 Å². The van der Waals surface area contributed by atoms with Gasteiger partial charge in [-0.2, -0.15) is 11.3 Å². The highest BCUT2D eigenvalue weighted by molar-refractivity contribution is 7.20. The summed E-state index contributed by atoms with van der Waals surface area (Å²) in [5, 5.41) is 6.81. The number of halogens is 1. The lowest BCUT2D eigenvalue weighted by Crippen LogP contribution is -2.15. The van der Waals surface area contributed by atoms with E-state index in [2.05, 4.69) is 53.8 Å². The Hall–Kier alpha value is -2.60. The molecule has 6 heteroatoms. The lowest BCUT2D eigenvalue weighted by Gasteiger charge is -2.13. The van der Waals surface area contributed by atoms with Gasteiger partial charge in [0.05, 0.1) is 14.9 Å². The largest absolute Gasteiger partial charge is 0.441 e. The molecule has 0 bridgehead atoms. The first-order valence-electron chi connectivity index (χ1n) is 10.6. The van der Waals surface area contributed by atoms with E-state index in [-0.39, 0.29) is 6.10 Å². The molecule has 32 heavy (non-hydrogen) atoms. The molecule has 1 fully saturated rings. The highest BCUT2D eigenvalue weighted by atomic mass is 35.5. The predicted octanol–water partition coefficient (Wildman–Crippen LogP) is 8.98. The number of anilines is 1. The van der Waals surface area contributed by atoms with E-state index in [9.17, 15) is 4.79 Å². The minimum atomic E-state index is -0.494. The van der Waals surface area contributed by atoms with Crippen molar-refractivity contribution in [3.8, 4) is 21.6 Å². The van der Waals surface area contributed by atoms with Crippen LogP contribution in [0.4, 0.5) is 10.5 Å². The SMILES string of the molecule is CC(OC(=O)Nc1cc(Cl)sc1-c1ccc(-c2ccc(C3CC3)cc2)cc1)c1ccsc1. The Balaban J connectivity index is 1.31. The summed E-state index contributed by atoms with van der Waals surface area (Å²) < 4.78 is 6.14. The van der Waals surface area contributed by atoms with Crippen LogP contribution in [0, 0.1) is 0 Å². The number of amides is 1. The van der Waals surface area contributed by atoms with Crippen LogP contribution in [0.1, 0.15) is 42.9 Å². The van der Waals surface area contributed by atoms with Crippen molar-refractivity contribution in [2.24, 2.45) is 0 Å². The topological polar surface area (TPSA) is 38.3 Å². The molecular formula is C26H22ClNO2S2. The van der Waals surface area contributed by atoms with Crippen LogP contribution >= 0.6 is 34.3 Å². The molecule has 0 saturated heterocycles. The van der Waals surface area contributed by atoms with Crippen LogP contribution < -0.4 is 5.32 Å². The molecule has 3 nitrogen and oxygen atoms in total. The second kappa shape index (κ2) is 9.10. The molecule has 2 aromatic heterocycles. The van der Waals surface area contributed by atoms with Gasteiger partial charge in [0, 0.05) is 5.56 Å². The molecule has 0 aliphatic heterocycles. The molecule has 162 valence electrons. The van der Waals surface area contributed by atoms with E-state index in [1.54, 1.807) is 17.4 Å². The van der Waals surface area contributed by atoms with E-state index in [1.807, 2.05) is 23.8 Å². The van der Waals surface area contributed by atoms with Gasteiger partial charge in [0.25, 0.3) is 0 Å². The quantitative estimate of drug-likeness (QED) is 0.299. The van der Waals surface area contributed by atoms with Gasteiger partial charge in [0.1, 0.15) is 6.10 Å². The lowest BCUT2D eigenvalue weighted by molar-refractivity contribution is 0.121. The van der Waals surface area contributed by atoms with Gasteiger partial charge in [-0.3, -0.25) is 5.32 Å². The Labute approximate surface area is 200 Å². The molecule has 2 aromatic carbocycles. The molecule has 1 saturated carbocycles. The zero-order valence-electron chi connectivity index (χ0n) is 17.5. The Morgan fingerprint density at radius 2 is 1.69 bits per heavy atom. The zero-order chi connectivity index (χ0) is 22.1. The van der Waals surface area contributed by atoms with Gasteiger partial charge >= 0.3 is 6.09 Å². The zero-order valence-corrected chi connectivity index (χ0v) is 19.9. The number of ether oxygens (including phenoxy) is 1. The maximum absolute atomic E-state index is 12.5. The number of hydrogen-bond donors (Lipinski definition) is 1. The molecule has 1 aliphatic carbocycles. The summed E-state index contributed by atoms with van der Waals surface area (Å²) in [5.41, 5.74) is 6.45. The first kappa shape index (κ1) is 21.3. The van der Waals surface area contributed by atoms with Crippen LogP contribution in [-0.2, 0) is 4.74 Å². The van der Waals surface area contributed by atoms with Crippen molar-refractivity contribution in [2.75, 3.05) is 5.32 Å². The molecule has 0 spiro atoms. The lowest BCUT2D eigenvalue weighted by atomic mass is 10.0. The van der Waals surface area contributed by atoms with E-state index in [0.29, 0.717) is 10.0 Å². The first-order valence-corrected chi connectivity index (χ1v) is 12.7. The fourth-order valence-corrected chi connectivity index (χ4v) is 5.65. The second-order valence-electron chi connectivity index (χ2n) is 8.00. The van der Waals surface area contributed by atoms with Crippen molar-refractivity contribution >= 4 is 46.1 Å². The summed E-state index contributed by atoms with van der Waals surface area (Å²) >= 11 is 9.30. The Kier molecular flexibility index (Phi) is 6.05. The summed E-state index contributed by atoms with van der Waals surface area (Å²) in [6.45, 7) is 1.86. The van der Waals surface area contributed by atoms with Gasteiger partial charge in [0.15, 0.2) is 0 Å². The van der Waals surface area contributed by atoms with Crippen LogP contribution in [-0.4, -0.2) is 6.09 Å². The Morgan fingerprint density at radius 1 is 1.03 bits per heavy atom. The van der Waals surface area contributed by atoms with Gasteiger partial charge in [-0.25, -0.2) is 4.79 Å². The van der Waals surface area contributed by atoms with Crippen molar-refractivity contribution < 1.29 is 9.53 Å². The minimum Gasteiger partial charge on any atom is -0.441 e. The van der Waals surface area contributed by atoms with Gasteiger partial charge in [-0.05, 0) is 70.8 Å². The smallest absolute Gasteiger partial charge is 0.412 e. The monoisotopic (exact) mass is 479 g/mol. The van der Waals surface area contributed by atoms with Gasteiger partial charge in [0.2, 0.25) is 0 Å². The fourth-order valence-electron chi connectivity index (χ4n) is 3.72. The predicted molar refractivity (Wildman–Crippen MR) is 135 cm³/mol. The molecule has 1 atom stereocenters. The van der Waals surface area contributed by atoms with Crippen molar-refractivity contribution in [1.82, 2.24) is 0 Å². The fraction of sp³-hybridized carbons (Fsp3) is 0.192. The number of rotatable bonds is 6. The molecule has 1 amide bonds. The van der Waals surface area contributed by atoms with E-state index in [4.69, 9.17) is 16.3 Å². The molecule has 1 unspecified atom stereocenters. The molecular weight excluding hydrogens is 458 g/mol.